The lowest BCUT2D eigenvalue weighted by atomic mass is 9.97. The first-order valence-electron chi connectivity index (χ1n) is 12.9. The average molecular weight is 580 g/mol. The molecule has 1 aromatic heterocycles. The van der Waals surface area contributed by atoms with Crippen LogP contribution in [0.15, 0.2) is 42.5 Å². The van der Waals surface area contributed by atoms with E-state index in [0.717, 1.165) is 25.1 Å². The number of piperazine rings is 1. The van der Waals surface area contributed by atoms with E-state index >= 15 is 0 Å². The van der Waals surface area contributed by atoms with Crippen molar-refractivity contribution in [3.8, 4) is 22.8 Å². The molecule has 4 atom stereocenters. The van der Waals surface area contributed by atoms with Crippen LogP contribution in [0.25, 0.3) is 11.3 Å². The van der Waals surface area contributed by atoms with E-state index in [9.17, 15) is 18.0 Å². The second-order valence-corrected chi connectivity index (χ2v) is 10.3. The SMILES string of the molecule is COc1ccc(C2CC(C(F)F)n3nc(-c4ccc(Cl)c(F)c4)cc3N2)cc1OC.C[C@@H]1CN[C@@H](C)CN1C=O. The highest BCUT2D eigenvalue weighted by Gasteiger charge is 2.35. The van der Waals surface area contributed by atoms with Gasteiger partial charge in [0.25, 0.3) is 6.43 Å². The molecule has 2 aliphatic rings. The minimum Gasteiger partial charge on any atom is -0.493 e. The molecule has 0 spiro atoms. The predicted octanol–water partition coefficient (Wildman–Crippen LogP) is 5.55. The minimum atomic E-state index is -2.62. The molecule has 8 nitrogen and oxygen atoms in total. The molecule has 216 valence electrons. The van der Waals surface area contributed by atoms with Crippen LogP contribution in [-0.4, -0.2) is 66.9 Å². The summed E-state index contributed by atoms with van der Waals surface area (Å²) in [4.78, 5) is 12.2. The number of carbonyl (C=O) groups excluding carboxylic acids is 1. The maximum absolute atomic E-state index is 13.9. The number of alkyl halides is 2. The molecule has 2 aromatic carbocycles. The zero-order valence-electron chi connectivity index (χ0n) is 22.7. The van der Waals surface area contributed by atoms with Crippen LogP contribution in [0.5, 0.6) is 11.5 Å². The van der Waals surface area contributed by atoms with Crippen LogP contribution in [-0.2, 0) is 4.79 Å². The van der Waals surface area contributed by atoms with E-state index in [1.54, 1.807) is 24.3 Å². The van der Waals surface area contributed by atoms with Gasteiger partial charge in [-0.05, 0) is 50.1 Å². The van der Waals surface area contributed by atoms with Gasteiger partial charge in [0, 0.05) is 36.8 Å². The van der Waals surface area contributed by atoms with Gasteiger partial charge in [0.2, 0.25) is 6.41 Å². The number of anilines is 1. The van der Waals surface area contributed by atoms with Crippen molar-refractivity contribution in [2.75, 3.05) is 32.6 Å². The molecule has 3 heterocycles. The molecule has 0 aliphatic carbocycles. The van der Waals surface area contributed by atoms with Gasteiger partial charge in [0.1, 0.15) is 17.7 Å². The number of methoxy groups -OCH3 is 2. The predicted molar refractivity (Wildman–Crippen MR) is 148 cm³/mol. The van der Waals surface area contributed by atoms with Gasteiger partial charge in [-0.3, -0.25) is 4.79 Å². The molecular weight excluding hydrogens is 547 g/mol. The number of aromatic nitrogens is 2. The van der Waals surface area contributed by atoms with E-state index in [-0.39, 0.29) is 17.5 Å². The normalized spacial score (nSPS) is 22.1. The highest BCUT2D eigenvalue weighted by molar-refractivity contribution is 6.30. The van der Waals surface area contributed by atoms with E-state index in [1.165, 1.54) is 31.0 Å². The zero-order valence-corrected chi connectivity index (χ0v) is 23.5. The highest BCUT2D eigenvalue weighted by atomic mass is 35.5. The monoisotopic (exact) mass is 579 g/mol. The molecule has 1 amide bonds. The fraction of sp³-hybridized carbons (Fsp3) is 0.429. The third kappa shape index (κ3) is 6.47. The van der Waals surface area contributed by atoms with Gasteiger partial charge in [0.05, 0.1) is 31.0 Å². The van der Waals surface area contributed by atoms with Gasteiger partial charge in [-0.25, -0.2) is 17.9 Å². The van der Waals surface area contributed by atoms with Crippen LogP contribution in [0.2, 0.25) is 5.02 Å². The number of carbonyl (C=O) groups is 1. The topological polar surface area (TPSA) is 80.7 Å². The number of rotatable bonds is 6. The first-order valence-corrected chi connectivity index (χ1v) is 13.3. The quantitative estimate of drug-likeness (QED) is 0.373. The highest BCUT2D eigenvalue weighted by Crippen LogP contribution is 2.41. The molecule has 12 heteroatoms. The summed E-state index contributed by atoms with van der Waals surface area (Å²) in [6.45, 7) is 5.89. The lowest BCUT2D eigenvalue weighted by Gasteiger charge is -2.34. The Morgan fingerprint density at radius 1 is 1.10 bits per heavy atom. The van der Waals surface area contributed by atoms with Crippen molar-refractivity contribution in [3.05, 3.63) is 58.9 Å². The van der Waals surface area contributed by atoms with Gasteiger partial charge in [-0.15, -0.1) is 0 Å². The second kappa shape index (κ2) is 12.8. The summed E-state index contributed by atoms with van der Waals surface area (Å²) >= 11 is 5.74. The Morgan fingerprint density at radius 3 is 2.48 bits per heavy atom. The van der Waals surface area contributed by atoms with Gasteiger partial charge < -0.3 is 25.0 Å². The summed E-state index contributed by atoms with van der Waals surface area (Å²) in [5, 5.41) is 10.8. The maximum atomic E-state index is 13.9. The maximum Gasteiger partial charge on any atom is 0.260 e. The van der Waals surface area contributed by atoms with Crippen LogP contribution >= 0.6 is 11.6 Å². The molecule has 2 unspecified atom stereocenters. The molecule has 0 radical (unpaired) electrons. The molecule has 2 N–H and O–H groups in total. The van der Waals surface area contributed by atoms with Crippen molar-refractivity contribution >= 4 is 23.8 Å². The number of ether oxygens (including phenoxy) is 2. The summed E-state index contributed by atoms with van der Waals surface area (Å²) in [6.07, 6.45) is -1.57. The summed E-state index contributed by atoms with van der Waals surface area (Å²) in [5.74, 6) is 0.903. The number of hydrogen-bond donors (Lipinski definition) is 2. The second-order valence-electron chi connectivity index (χ2n) is 9.90. The number of hydrogen-bond acceptors (Lipinski definition) is 6. The molecule has 3 aromatic rings. The lowest BCUT2D eigenvalue weighted by molar-refractivity contribution is -0.121. The van der Waals surface area contributed by atoms with Crippen molar-refractivity contribution in [1.29, 1.82) is 0 Å². The third-order valence-electron chi connectivity index (χ3n) is 7.11. The van der Waals surface area contributed by atoms with Crippen LogP contribution in [0.4, 0.5) is 19.0 Å². The van der Waals surface area contributed by atoms with Gasteiger partial charge in [-0.2, -0.15) is 5.10 Å². The molecule has 1 fully saturated rings. The van der Waals surface area contributed by atoms with E-state index in [2.05, 4.69) is 22.7 Å². The zero-order chi connectivity index (χ0) is 29.0. The number of nitrogens with zero attached hydrogens (tertiary/aromatic N) is 3. The first-order chi connectivity index (χ1) is 19.1. The number of amides is 1. The number of fused-ring (bicyclic) bond motifs is 1. The summed E-state index contributed by atoms with van der Waals surface area (Å²) in [7, 11) is 3.05. The molecule has 0 saturated carbocycles. The Labute approximate surface area is 236 Å². The Bertz CT molecular complexity index is 1320. The van der Waals surface area contributed by atoms with Crippen LogP contribution in [0.1, 0.15) is 37.9 Å². The number of halogens is 4. The van der Waals surface area contributed by atoms with Gasteiger partial charge in [-0.1, -0.05) is 23.7 Å². The van der Waals surface area contributed by atoms with Crippen LogP contribution in [0, 0.1) is 5.82 Å². The van der Waals surface area contributed by atoms with E-state index in [4.69, 9.17) is 21.1 Å². The number of benzene rings is 2. The Hall–Kier alpha value is -3.44. The Balaban J connectivity index is 0.000000312. The summed E-state index contributed by atoms with van der Waals surface area (Å²) < 4.78 is 53.4. The van der Waals surface area contributed by atoms with Crippen molar-refractivity contribution < 1.29 is 27.4 Å². The standard InChI is InChI=1S/C21H19ClF3N3O2.C7H14N2O/c1-29-18-6-4-12(8-19(18)30-2)15-9-17(21(24)25)28-20(26-15)10-16(27-28)11-3-5-13(22)14(23)7-11;1-6-4-9(5-10)7(2)3-8-6/h3-8,10,15,17,21,26H,9H2,1-2H3;5-8H,3-4H2,1-2H3/t;6-,7+/m.0/s1. The Morgan fingerprint density at radius 2 is 1.85 bits per heavy atom. The van der Waals surface area contributed by atoms with Crippen molar-refractivity contribution in [2.24, 2.45) is 0 Å². The molecule has 1 saturated heterocycles. The van der Waals surface area contributed by atoms with Crippen LogP contribution < -0.4 is 20.1 Å². The smallest absolute Gasteiger partial charge is 0.260 e. The van der Waals surface area contributed by atoms with Crippen molar-refractivity contribution in [2.45, 2.75) is 50.9 Å². The molecule has 40 heavy (non-hydrogen) atoms. The molecular formula is C28H33ClF3N5O3. The van der Waals surface area contributed by atoms with Crippen molar-refractivity contribution in [3.63, 3.8) is 0 Å². The lowest BCUT2D eigenvalue weighted by Crippen LogP contribution is -2.53. The fourth-order valence-electron chi connectivity index (χ4n) is 4.83. The third-order valence-corrected chi connectivity index (χ3v) is 7.42. The van der Waals surface area contributed by atoms with E-state index in [0.29, 0.717) is 40.7 Å². The number of nitrogens with one attached hydrogen (secondary N) is 2. The molecule has 5 rings (SSSR count). The minimum absolute atomic E-state index is 0.0141. The molecule has 2 aliphatic heterocycles. The van der Waals surface area contributed by atoms with Crippen LogP contribution in [0.3, 0.4) is 0 Å². The van der Waals surface area contributed by atoms with Gasteiger partial charge >= 0.3 is 0 Å². The summed E-state index contributed by atoms with van der Waals surface area (Å²) in [6, 6.07) is 10.5. The summed E-state index contributed by atoms with van der Waals surface area (Å²) in [5.41, 5.74) is 1.62. The molecule has 0 bridgehead atoms. The largest absolute Gasteiger partial charge is 0.493 e. The van der Waals surface area contributed by atoms with Gasteiger partial charge in [0.15, 0.2) is 11.5 Å². The first kappa shape index (κ1) is 29.5. The fourth-order valence-corrected chi connectivity index (χ4v) is 4.94. The van der Waals surface area contributed by atoms with Crippen molar-refractivity contribution in [1.82, 2.24) is 20.0 Å². The van der Waals surface area contributed by atoms with E-state index in [1.807, 2.05) is 17.9 Å². The Kier molecular flexibility index (Phi) is 9.47. The average Bonchev–Trinajstić information content (AvgIpc) is 3.39. The van der Waals surface area contributed by atoms with E-state index < -0.39 is 18.3 Å².